The number of hydrogen-bond acceptors (Lipinski definition) is 3. The summed E-state index contributed by atoms with van der Waals surface area (Å²) in [7, 11) is 0. The maximum atomic E-state index is 12.3. The Hall–Kier alpha value is -1.85. The summed E-state index contributed by atoms with van der Waals surface area (Å²) in [5.41, 5.74) is 1.42. The van der Waals surface area contributed by atoms with Crippen molar-refractivity contribution in [1.29, 1.82) is 0 Å². The number of H-pyrrole nitrogens is 1. The average molecular weight is 264 g/mol. The first-order chi connectivity index (χ1) is 8.99. The Bertz CT molecular complexity index is 483. The van der Waals surface area contributed by atoms with Gasteiger partial charge in [0.05, 0.1) is 6.20 Å². The minimum Gasteiger partial charge on any atom is -0.353 e. The van der Waals surface area contributed by atoms with Crippen LogP contribution >= 0.6 is 0 Å². The molecular formula is C13H20N4O2. The van der Waals surface area contributed by atoms with Crippen LogP contribution in [0.1, 0.15) is 36.3 Å². The van der Waals surface area contributed by atoms with Gasteiger partial charge in [-0.15, -0.1) is 0 Å². The van der Waals surface area contributed by atoms with Crippen LogP contribution in [-0.2, 0) is 4.79 Å². The number of piperidine rings is 1. The summed E-state index contributed by atoms with van der Waals surface area (Å²) in [4.78, 5) is 25.2. The number of rotatable bonds is 2. The number of nitrogens with zero attached hydrogens (tertiary/aromatic N) is 2. The predicted octanol–water partition coefficient (Wildman–Crippen LogP) is 0.705. The van der Waals surface area contributed by atoms with Gasteiger partial charge >= 0.3 is 0 Å². The van der Waals surface area contributed by atoms with E-state index >= 15 is 0 Å². The van der Waals surface area contributed by atoms with Gasteiger partial charge in [-0.25, -0.2) is 0 Å². The molecule has 2 unspecified atom stereocenters. The average Bonchev–Trinajstić information content (AvgIpc) is 2.76. The van der Waals surface area contributed by atoms with Gasteiger partial charge in [0, 0.05) is 26.1 Å². The lowest BCUT2D eigenvalue weighted by Gasteiger charge is -2.37. The number of aryl methyl sites for hydroxylation is 1. The number of aromatic amines is 1. The molecule has 1 aliphatic rings. The number of carbonyl (C=O) groups excluding carboxylic acids is 2. The molecule has 0 aromatic carbocycles. The van der Waals surface area contributed by atoms with Gasteiger partial charge in [-0.1, -0.05) is 6.92 Å². The van der Waals surface area contributed by atoms with Crippen molar-refractivity contribution in [3.8, 4) is 0 Å². The van der Waals surface area contributed by atoms with Crippen LogP contribution in [0.5, 0.6) is 0 Å². The zero-order valence-corrected chi connectivity index (χ0v) is 11.6. The van der Waals surface area contributed by atoms with Gasteiger partial charge in [-0.3, -0.25) is 14.7 Å². The fourth-order valence-corrected chi connectivity index (χ4v) is 2.53. The summed E-state index contributed by atoms with van der Waals surface area (Å²) in [5.74, 6) is 0.231. The SMILES string of the molecule is CC(=O)NC1CCN(C(=O)c2[nH]ncc2C)CC1C. The van der Waals surface area contributed by atoms with Gasteiger partial charge in [0.1, 0.15) is 5.69 Å². The van der Waals surface area contributed by atoms with E-state index < -0.39 is 0 Å². The molecule has 6 nitrogen and oxygen atoms in total. The largest absolute Gasteiger partial charge is 0.353 e. The van der Waals surface area contributed by atoms with Crippen LogP contribution in [-0.4, -0.2) is 46.0 Å². The van der Waals surface area contributed by atoms with Crippen molar-refractivity contribution in [1.82, 2.24) is 20.4 Å². The van der Waals surface area contributed by atoms with Crippen molar-refractivity contribution in [2.24, 2.45) is 5.92 Å². The highest BCUT2D eigenvalue weighted by Gasteiger charge is 2.30. The first kappa shape index (κ1) is 13.6. The molecule has 1 saturated heterocycles. The van der Waals surface area contributed by atoms with Crippen molar-refractivity contribution >= 4 is 11.8 Å². The van der Waals surface area contributed by atoms with E-state index in [-0.39, 0.29) is 23.8 Å². The molecular weight excluding hydrogens is 244 g/mol. The molecule has 2 heterocycles. The van der Waals surface area contributed by atoms with Crippen LogP contribution in [0, 0.1) is 12.8 Å². The molecule has 6 heteroatoms. The van der Waals surface area contributed by atoms with Gasteiger partial charge in [-0.2, -0.15) is 5.10 Å². The second-order valence-electron chi connectivity index (χ2n) is 5.25. The predicted molar refractivity (Wildman–Crippen MR) is 70.6 cm³/mol. The van der Waals surface area contributed by atoms with Gasteiger partial charge in [-0.05, 0) is 24.8 Å². The van der Waals surface area contributed by atoms with Crippen molar-refractivity contribution in [2.75, 3.05) is 13.1 Å². The number of hydrogen-bond donors (Lipinski definition) is 2. The van der Waals surface area contributed by atoms with Crippen LogP contribution in [0.2, 0.25) is 0 Å². The summed E-state index contributed by atoms with van der Waals surface area (Å²) >= 11 is 0. The number of likely N-dealkylation sites (tertiary alicyclic amines) is 1. The van der Waals surface area contributed by atoms with Crippen molar-refractivity contribution in [3.05, 3.63) is 17.5 Å². The summed E-state index contributed by atoms with van der Waals surface area (Å²) in [6.07, 6.45) is 2.44. The van der Waals surface area contributed by atoms with Gasteiger partial charge in [0.15, 0.2) is 0 Å². The third-order valence-electron chi connectivity index (χ3n) is 3.62. The van der Waals surface area contributed by atoms with E-state index in [1.807, 2.05) is 11.8 Å². The van der Waals surface area contributed by atoms with Crippen LogP contribution in [0.25, 0.3) is 0 Å². The topological polar surface area (TPSA) is 78.1 Å². The Labute approximate surface area is 112 Å². The summed E-state index contributed by atoms with van der Waals surface area (Å²) in [6, 6.07) is 0.157. The molecule has 0 bridgehead atoms. The Kier molecular flexibility index (Phi) is 3.87. The number of aromatic nitrogens is 2. The number of carbonyl (C=O) groups is 2. The van der Waals surface area contributed by atoms with E-state index in [0.29, 0.717) is 18.8 Å². The quantitative estimate of drug-likeness (QED) is 0.825. The van der Waals surface area contributed by atoms with Crippen LogP contribution in [0.15, 0.2) is 6.20 Å². The zero-order valence-electron chi connectivity index (χ0n) is 11.6. The summed E-state index contributed by atoms with van der Waals surface area (Å²) < 4.78 is 0. The van der Waals surface area contributed by atoms with Gasteiger partial charge < -0.3 is 10.2 Å². The Morgan fingerprint density at radius 2 is 2.26 bits per heavy atom. The van der Waals surface area contributed by atoms with E-state index in [1.54, 1.807) is 6.20 Å². The molecule has 19 heavy (non-hydrogen) atoms. The second kappa shape index (κ2) is 5.42. The smallest absolute Gasteiger partial charge is 0.272 e. The normalized spacial score (nSPS) is 23.2. The molecule has 0 radical (unpaired) electrons. The first-order valence-electron chi connectivity index (χ1n) is 6.55. The zero-order chi connectivity index (χ0) is 14.0. The summed E-state index contributed by atoms with van der Waals surface area (Å²) in [5, 5.41) is 9.57. The molecule has 1 aliphatic heterocycles. The monoisotopic (exact) mass is 264 g/mol. The van der Waals surface area contributed by atoms with E-state index in [2.05, 4.69) is 22.4 Å². The third-order valence-corrected chi connectivity index (χ3v) is 3.62. The molecule has 104 valence electrons. The van der Waals surface area contributed by atoms with Crippen molar-refractivity contribution in [3.63, 3.8) is 0 Å². The maximum Gasteiger partial charge on any atom is 0.272 e. The molecule has 1 aromatic rings. The molecule has 1 fully saturated rings. The number of amides is 2. The molecule has 0 saturated carbocycles. The highest BCUT2D eigenvalue weighted by atomic mass is 16.2. The Balaban J connectivity index is 2.00. The lowest BCUT2D eigenvalue weighted by atomic mass is 9.93. The fourth-order valence-electron chi connectivity index (χ4n) is 2.53. The van der Waals surface area contributed by atoms with Gasteiger partial charge in [0.25, 0.3) is 5.91 Å². The molecule has 2 atom stereocenters. The summed E-state index contributed by atoms with van der Waals surface area (Å²) in [6.45, 7) is 6.76. The van der Waals surface area contributed by atoms with E-state index in [1.165, 1.54) is 6.92 Å². The second-order valence-corrected chi connectivity index (χ2v) is 5.25. The van der Waals surface area contributed by atoms with E-state index in [0.717, 1.165) is 12.0 Å². The van der Waals surface area contributed by atoms with Gasteiger partial charge in [0.2, 0.25) is 5.91 Å². The Morgan fingerprint density at radius 3 is 2.79 bits per heavy atom. The third kappa shape index (κ3) is 2.94. The molecule has 1 aromatic heterocycles. The van der Waals surface area contributed by atoms with E-state index in [4.69, 9.17) is 0 Å². The standard InChI is InChI=1S/C13H20N4O2/c1-8-6-14-16-12(8)13(19)17-5-4-11(9(2)7-17)15-10(3)18/h6,9,11H,4-5,7H2,1-3H3,(H,14,16)(H,15,18). The first-order valence-corrected chi connectivity index (χ1v) is 6.55. The van der Waals surface area contributed by atoms with Crippen molar-refractivity contribution < 1.29 is 9.59 Å². The molecule has 2 amide bonds. The van der Waals surface area contributed by atoms with Crippen LogP contribution in [0.3, 0.4) is 0 Å². The number of nitrogens with one attached hydrogen (secondary N) is 2. The minimum absolute atomic E-state index is 0.0110. The molecule has 2 rings (SSSR count). The van der Waals surface area contributed by atoms with Crippen LogP contribution in [0.4, 0.5) is 0 Å². The molecule has 0 aliphatic carbocycles. The lowest BCUT2D eigenvalue weighted by molar-refractivity contribution is -0.120. The van der Waals surface area contributed by atoms with Crippen LogP contribution < -0.4 is 5.32 Å². The lowest BCUT2D eigenvalue weighted by Crippen LogP contribution is -2.51. The highest BCUT2D eigenvalue weighted by Crippen LogP contribution is 2.19. The van der Waals surface area contributed by atoms with Crippen molar-refractivity contribution in [2.45, 2.75) is 33.2 Å². The fraction of sp³-hybridized carbons (Fsp3) is 0.615. The molecule has 2 N–H and O–H groups in total. The highest BCUT2D eigenvalue weighted by molar-refractivity contribution is 5.93. The molecule has 0 spiro atoms. The minimum atomic E-state index is -0.0129. The Morgan fingerprint density at radius 1 is 1.53 bits per heavy atom. The maximum absolute atomic E-state index is 12.3. The van der Waals surface area contributed by atoms with E-state index in [9.17, 15) is 9.59 Å².